The molecule has 0 saturated carbocycles. The molecule has 0 atom stereocenters. The summed E-state index contributed by atoms with van der Waals surface area (Å²) in [6.45, 7) is 6.77. The topological polar surface area (TPSA) is 0 Å². The van der Waals surface area contributed by atoms with E-state index in [1.165, 1.54) is 16.7 Å². The summed E-state index contributed by atoms with van der Waals surface area (Å²) in [7, 11) is 0. The summed E-state index contributed by atoms with van der Waals surface area (Å²) in [5.41, 5.74) is 4.40. The third-order valence-corrected chi connectivity index (χ3v) is 3.24. The van der Waals surface area contributed by atoms with Crippen molar-refractivity contribution in [2.24, 2.45) is 5.41 Å². The first-order valence-corrected chi connectivity index (χ1v) is 5.07. The Morgan fingerprint density at radius 1 is 0.929 bits per heavy atom. The average molecular weight is 184 g/mol. The van der Waals surface area contributed by atoms with Crippen LogP contribution in [0.3, 0.4) is 0 Å². The van der Waals surface area contributed by atoms with Gasteiger partial charge in [-0.2, -0.15) is 0 Å². The standard InChI is InChI=1S/C14H16/c1-11-9-10-13(14(11,2)3)12-7-5-4-6-8-12/h4-10H,1-3H3. The summed E-state index contributed by atoms with van der Waals surface area (Å²) >= 11 is 0. The molecule has 1 aliphatic rings. The molecule has 1 aromatic carbocycles. The first-order valence-electron chi connectivity index (χ1n) is 5.07. The Hall–Kier alpha value is -1.30. The molecule has 72 valence electrons. The Bertz CT molecular complexity index is 391. The number of rotatable bonds is 1. The highest BCUT2D eigenvalue weighted by molar-refractivity contribution is 5.77. The largest absolute Gasteiger partial charge is 0.0632 e. The zero-order chi connectivity index (χ0) is 10.2. The second-order valence-electron chi connectivity index (χ2n) is 4.42. The Labute approximate surface area is 86.0 Å². The maximum atomic E-state index is 2.28. The molecule has 0 fully saturated rings. The molecule has 0 unspecified atom stereocenters. The third kappa shape index (κ3) is 1.31. The van der Waals surface area contributed by atoms with Gasteiger partial charge in [0.1, 0.15) is 0 Å². The SMILES string of the molecule is CC1=CC=C(c2ccccc2)C1(C)C. The fourth-order valence-corrected chi connectivity index (χ4v) is 1.91. The summed E-state index contributed by atoms with van der Waals surface area (Å²) < 4.78 is 0. The fraction of sp³-hybridized carbons (Fsp3) is 0.286. The van der Waals surface area contributed by atoms with Crippen molar-refractivity contribution >= 4 is 5.57 Å². The highest BCUT2D eigenvalue weighted by atomic mass is 14.3. The van der Waals surface area contributed by atoms with Crippen molar-refractivity contribution < 1.29 is 0 Å². The van der Waals surface area contributed by atoms with E-state index in [1.54, 1.807) is 0 Å². The predicted octanol–water partition coefficient (Wildman–Crippen LogP) is 4.06. The van der Waals surface area contributed by atoms with Crippen molar-refractivity contribution in [1.29, 1.82) is 0 Å². The molecule has 0 nitrogen and oxygen atoms in total. The number of hydrogen-bond donors (Lipinski definition) is 0. The molecular weight excluding hydrogens is 168 g/mol. The lowest BCUT2D eigenvalue weighted by Gasteiger charge is -2.25. The van der Waals surface area contributed by atoms with Gasteiger partial charge in [-0.3, -0.25) is 0 Å². The Balaban J connectivity index is 2.41. The molecule has 0 spiro atoms. The Morgan fingerprint density at radius 3 is 2.07 bits per heavy atom. The van der Waals surface area contributed by atoms with Gasteiger partial charge in [-0.15, -0.1) is 0 Å². The minimum atomic E-state index is 0.196. The lowest BCUT2D eigenvalue weighted by molar-refractivity contribution is 0.612. The summed E-state index contributed by atoms with van der Waals surface area (Å²) in [6, 6.07) is 10.6. The second kappa shape index (κ2) is 3.13. The summed E-state index contributed by atoms with van der Waals surface area (Å²) in [5.74, 6) is 0. The van der Waals surface area contributed by atoms with E-state index in [4.69, 9.17) is 0 Å². The minimum Gasteiger partial charge on any atom is -0.0632 e. The molecule has 0 heteroatoms. The number of benzene rings is 1. The molecule has 0 aliphatic heterocycles. The molecule has 0 heterocycles. The van der Waals surface area contributed by atoms with E-state index in [1.807, 2.05) is 0 Å². The lowest BCUT2D eigenvalue weighted by Crippen LogP contribution is -2.11. The Kier molecular flexibility index (Phi) is 2.07. The van der Waals surface area contributed by atoms with E-state index >= 15 is 0 Å². The van der Waals surface area contributed by atoms with Crippen LogP contribution in [0.15, 0.2) is 48.1 Å². The van der Waals surface area contributed by atoms with Gasteiger partial charge in [0.25, 0.3) is 0 Å². The number of hydrogen-bond acceptors (Lipinski definition) is 0. The average Bonchev–Trinajstić information content (AvgIpc) is 2.44. The molecule has 0 saturated heterocycles. The molecule has 0 amide bonds. The molecule has 0 N–H and O–H groups in total. The maximum Gasteiger partial charge on any atom is 0.0111 e. The van der Waals surface area contributed by atoms with Gasteiger partial charge in [0, 0.05) is 5.41 Å². The zero-order valence-electron chi connectivity index (χ0n) is 9.04. The van der Waals surface area contributed by atoms with Crippen LogP contribution in [0.4, 0.5) is 0 Å². The van der Waals surface area contributed by atoms with Crippen LogP contribution in [0, 0.1) is 5.41 Å². The van der Waals surface area contributed by atoms with Crippen molar-refractivity contribution in [2.45, 2.75) is 20.8 Å². The smallest absolute Gasteiger partial charge is 0.0111 e. The molecule has 0 bridgehead atoms. The van der Waals surface area contributed by atoms with Crippen LogP contribution in [-0.4, -0.2) is 0 Å². The fourth-order valence-electron chi connectivity index (χ4n) is 1.91. The van der Waals surface area contributed by atoms with Crippen LogP contribution in [-0.2, 0) is 0 Å². The first-order chi connectivity index (χ1) is 6.62. The van der Waals surface area contributed by atoms with E-state index in [0.29, 0.717) is 0 Å². The van der Waals surface area contributed by atoms with Gasteiger partial charge in [-0.1, -0.05) is 61.9 Å². The highest BCUT2D eigenvalue weighted by Gasteiger charge is 2.28. The zero-order valence-corrected chi connectivity index (χ0v) is 9.04. The lowest BCUT2D eigenvalue weighted by atomic mass is 9.78. The monoisotopic (exact) mass is 184 g/mol. The molecule has 2 rings (SSSR count). The van der Waals surface area contributed by atoms with Gasteiger partial charge in [-0.05, 0) is 18.1 Å². The van der Waals surface area contributed by atoms with Crippen molar-refractivity contribution in [3.05, 3.63) is 53.6 Å². The second-order valence-corrected chi connectivity index (χ2v) is 4.42. The molecule has 1 aliphatic carbocycles. The van der Waals surface area contributed by atoms with Gasteiger partial charge in [-0.25, -0.2) is 0 Å². The summed E-state index contributed by atoms with van der Waals surface area (Å²) in [5, 5.41) is 0. The van der Waals surface area contributed by atoms with E-state index in [0.717, 1.165) is 0 Å². The number of allylic oxidation sites excluding steroid dienone is 4. The normalized spacial score (nSPS) is 19.1. The van der Waals surface area contributed by atoms with Crippen LogP contribution in [0.1, 0.15) is 26.3 Å². The maximum absolute atomic E-state index is 2.28. The quantitative estimate of drug-likeness (QED) is 0.617. The van der Waals surface area contributed by atoms with Crippen LogP contribution < -0.4 is 0 Å². The van der Waals surface area contributed by atoms with Gasteiger partial charge in [0.15, 0.2) is 0 Å². The highest BCUT2D eigenvalue weighted by Crippen LogP contribution is 2.44. The van der Waals surface area contributed by atoms with Crippen LogP contribution in [0.25, 0.3) is 5.57 Å². The first kappa shape index (κ1) is 9.26. The van der Waals surface area contributed by atoms with Crippen LogP contribution in [0.2, 0.25) is 0 Å². The van der Waals surface area contributed by atoms with Crippen LogP contribution >= 0.6 is 0 Å². The molecule has 0 aromatic heterocycles. The molecular formula is C14H16. The van der Waals surface area contributed by atoms with E-state index < -0.39 is 0 Å². The Morgan fingerprint density at radius 2 is 1.57 bits per heavy atom. The van der Waals surface area contributed by atoms with Crippen molar-refractivity contribution in [1.82, 2.24) is 0 Å². The summed E-state index contributed by atoms with van der Waals surface area (Å²) in [6.07, 6.45) is 4.47. The van der Waals surface area contributed by atoms with Crippen molar-refractivity contribution in [2.75, 3.05) is 0 Å². The molecule has 0 radical (unpaired) electrons. The molecule has 1 aromatic rings. The third-order valence-electron chi connectivity index (χ3n) is 3.24. The summed E-state index contributed by atoms with van der Waals surface area (Å²) in [4.78, 5) is 0. The van der Waals surface area contributed by atoms with Gasteiger partial charge in [0.2, 0.25) is 0 Å². The van der Waals surface area contributed by atoms with Crippen LogP contribution in [0.5, 0.6) is 0 Å². The van der Waals surface area contributed by atoms with E-state index in [-0.39, 0.29) is 5.41 Å². The predicted molar refractivity (Wildman–Crippen MR) is 62.0 cm³/mol. The van der Waals surface area contributed by atoms with Gasteiger partial charge >= 0.3 is 0 Å². The van der Waals surface area contributed by atoms with Gasteiger partial charge in [0.05, 0.1) is 0 Å². The van der Waals surface area contributed by atoms with Crippen molar-refractivity contribution in [3.63, 3.8) is 0 Å². The van der Waals surface area contributed by atoms with Crippen molar-refractivity contribution in [3.8, 4) is 0 Å². The van der Waals surface area contributed by atoms with Gasteiger partial charge < -0.3 is 0 Å². The van der Waals surface area contributed by atoms with E-state index in [2.05, 4.69) is 63.3 Å². The minimum absolute atomic E-state index is 0.196. The van der Waals surface area contributed by atoms with E-state index in [9.17, 15) is 0 Å². The molecule has 14 heavy (non-hydrogen) atoms.